The van der Waals surface area contributed by atoms with Gasteiger partial charge in [0.15, 0.2) is 5.69 Å². The Balaban J connectivity index is 1.80. The third kappa shape index (κ3) is 4.56. The first kappa shape index (κ1) is 16.0. The van der Waals surface area contributed by atoms with E-state index in [4.69, 9.17) is 10.1 Å². The average Bonchev–Trinajstić information content (AvgIpc) is 2.92. The van der Waals surface area contributed by atoms with Gasteiger partial charge in [0, 0.05) is 18.6 Å². The van der Waals surface area contributed by atoms with Crippen molar-refractivity contribution in [1.29, 1.82) is 5.26 Å². The average molecular weight is 304 g/mol. The van der Waals surface area contributed by atoms with Crippen LogP contribution in [0.3, 0.4) is 0 Å². The molecule has 2 N–H and O–H groups in total. The maximum Gasteiger partial charge on any atom is 0.339 e. The number of rotatable bonds is 3. The number of nitrogens with one attached hydrogen (secondary N) is 2. The van der Waals surface area contributed by atoms with Gasteiger partial charge < -0.3 is 10.2 Å². The molecule has 0 unspecified atom stereocenters. The highest BCUT2D eigenvalue weighted by Crippen LogP contribution is 2.18. The molecule has 1 aromatic rings. The number of hydrogen-bond donors (Lipinski definition) is 2. The Morgan fingerprint density at radius 1 is 1.45 bits per heavy atom. The molecule has 0 aliphatic carbocycles. The predicted molar refractivity (Wildman–Crippen MR) is 79.9 cm³/mol. The first-order valence-electron chi connectivity index (χ1n) is 7.08. The fourth-order valence-electron chi connectivity index (χ4n) is 2.08. The summed E-state index contributed by atoms with van der Waals surface area (Å²) in [6.45, 7) is 7.05. The second-order valence-corrected chi connectivity index (χ2v) is 6.15. The molecule has 1 aliphatic heterocycles. The van der Waals surface area contributed by atoms with Gasteiger partial charge in [-0.05, 0) is 27.2 Å². The number of hydrogen-bond acceptors (Lipinski definition) is 6. The number of aromatic nitrogens is 2. The molecule has 1 aromatic heterocycles. The first-order chi connectivity index (χ1) is 10.4. The molecule has 1 aliphatic rings. The van der Waals surface area contributed by atoms with Gasteiger partial charge >= 0.3 is 6.03 Å². The van der Waals surface area contributed by atoms with Crippen LogP contribution in [0, 0.1) is 11.3 Å². The van der Waals surface area contributed by atoms with E-state index in [-0.39, 0.29) is 23.4 Å². The van der Waals surface area contributed by atoms with Crippen molar-refractivity contribution >= 4 is 11.8 Å². The smallest absolute Gasteiger partial charge is 0.339 e. The van der Waals surface area contributed by atoms with Crippen LogP contribution in [-0.2, 0) is 4.84 Å². The lowest BCUT2D eigenvalue weighted by molar-refractivity contribution is 0.00674. The topological polar surface area (TPSA) is 103 Å². The summed E-state index contributed by atoms with van der Waals surface area (Å²) < 4.78 is 0. The first-order valence-corrected chi connectivity index (χ1v) is 7.08. The molecule has 0 saturated carbocycles. The lowest BCUT2D eigenvalue weighted by Gasteiger charge is -2.21. The molecule has 22 heavy (non-hydrogen) atoms. The number of carbonyl (C=O) groups excluding carboxylic acids is 1. The Morgan fingerprint density at radius 2 is 2.23 bits per heavy atom. The molecule has 0 aromatic carbocycles. The molecular weight excluding hydrogens is 284 g/mol. The van der Waals surface area contributed by atoms with Crippen molar-refractivity contribution < 1.29 is 9.63 Å². The van der Waals surface area contributed by atoms with E-state index in [2.05, 4.69) is 20.8 Å². The van der Waals surface area contributed by atoms with Gasteiger partial charge in [-0.1, -0.05) is 0 Å². The molecule has 0 bridgehead atoms. The van der Waals surface area contributed by atoms with Gasteiger partial charge in [0.25, 0.3) is 0 Å². The van der Waals surface area contributed by atoms with E-state index in [0.717, 1.165) is 13.0 Å². The van der Waals surface area contributed by atoms with Crippen molar-refractivity contribution in [2.24, 2.45) is 0 Å². The molecule has 2 amide bonds. The number of nitriles is 1. The minimum absolute atomic E-state index is 0.108. The van der Waals surface area contributed by atoms with Crippen molar-refractivity contribution in [3.8, 4) is 6.07 Å². The van der Waals surface area contributed by atoms with E-state index in [0.29, 0.717) is 12.4 Å². The van der Waals surface area contributed by atoms with E-state index in [1.165, 1.54) is 6.20 Å². The fraction of sp³-hybridized carbons (Fsp3) is 0.571. The number of amides is 2. The Kier molecular flexibility index (Phi) is 4.78. The number of hydroxylamine groups is 1. The number of carbonyl (C=O) groups is 1. The summed E-state index contributed by atoms with van der Waals surface area (Å²) in [5, 5.41) is 11.5. The number of nitrogens with zero attached hydrogens (tertiary/aromatic N) is 4. The molecule has 2 rings (SSSR count). The summed E-state index contributed by atoms with van der Waals surface area (Å²) in [6, 6.07) is 1.58. The third-order valence-electron chi connectivity index (χ3n) is 3.03. The zero-order chi connectivity index (χ0) is 16.2. The summed E-state index contributed by atoms with van der Waals surface area (Å²) in [7, 11) is 0. The van der Waals surface area contributed by atoms with Crippen LogP contribution >= 0.6 is 0 Å². The molecular formula is C14H20N6O2. The molecule has 0 spiro atoms. The summed E-state index contributed by atoms with van der Waals surface area (Å²) in [5.74, 6) is 0.698. The summed E-state index contributed by atoms with van der Waals surface area (Å²) in [5.41, 5.74) is 2.39. The molecule has 2 heterocycles. The van der Waals surface area contributed by atoms with Crippen LogP contribution in [0.1, 0.15) is 32.9 Å². The van der Waals surface area contributed by atoms with Gasteiger partial charge in [-0.15, -0.1) is 0 Å². The van der Waals surface area contributed by atoms with Crippen molar-refractivity contribution in [2.75, 3.05) is 18.0 Å². The summed E-state index contributed by atoms with van der Waals surface area (Å²) >= 11 is 0. The van der Waals surface area contributed by atoms with Crippen molar-refractivity contribution in [1.82, 2.24) is 20.8 Å². The molecule has 8 heteroatoms. The second-order valence-electron chi connectivity index (χ2n) is 6.15. The Hall–Kier alpha value is -2.40. The van der Waals surface area contributed by atoms with Gasteiger partial charge in [-0.3, -0.25) is 4.84 Å². The van der Waals surface area contributed by atoms with Crippen LogP contribution in [0.2, 0.25) is 0 Å². The van der Waals surface area contributed by atoms with Crippen molar-refractivity contribution in [2.45, 2.75) is 38.8 Å². The van der Waals surface area contributed by atoms with Gasteiger partial charge in [0.1, 0.15) is 18.0 Å². The highest BCUT2D eigenvalue weighted by molar-refractivity contribution is 5.73. The van der Waals surface area contributed by atoms with E-state index in [1.807, 2.05) is 31.7 Å². The van der Waals surface area contributed by atoms with E-state index in [1.54, 1.807) is 6.20 Å². The van der Waals surface area contributed by atoms with Crippen LogP contribution in [0.25, 0.3) is 0 Å². The van der Waals surface area contributed by atoms with Crippen LogP contribution in [0.4, 0.5) is 10.6 Å². The van der Waals surface area contributed by atoms with Crippen LogP contribution in [0.5, 0.6) is 0 Å². The SMILES string of the molecule is CC(C)(C)NC(=O)NO[C@@H]1CCN(c2cnc(C#N)cn2)C1. The highest BCUT2D eigenvalue weighted by atomic mass is 16.7. The molecule has 1 fully saturated rings. The standard InChI is InChI=1S/C14H20N6O2/c1-14(2,3)18-13(21)19-22-11-4-5-20(9-11)12-8-16-10(6-15)7-17-12/h7-8,11H,4-5,9H2,1-3H3,(H2,18,19,21)/t11-/m1/s1. The Labute approximate surface area is 129 Å². The predicted octanol–water partition coefficient (Wildman–Crippen LogP) is 0.956. The Morgan fingerprint density at radius 3 is 2.82 bits per heavy atom. The van der Waals surface area contributed by atoms with E-state index >= 15 is 0 Å². The zero-order valence-electron chi connectivity index (χ0n) is 13.0. The van der Waals surface area contributed by atoms with Gasteiger partial charge in [-0.25, -0.2) is 20.2 Å². The quantitative estimate of drug-likeness (QED) is 0.806. The van der Waals surface area contributed by atoms with Crippen LogP contribution in [0.15, 0.2) is 12.4 Å². The lowest BCUT2D eigenvalue weighted by Crippen LogP contribution is -2.47. The maximum atomic E-state index is 11.6. The lowest BCUT2D eigenvalue weighted by atomic mass is 10.1. The molecule has 1 saturated heterocycles. The minimum Gasteiger partial charge on any atom is -0.353 e. The Bertz CT molecular complexity index is 560. The molecule has 1 atom stereocenters. The zero-order valence-corrected chi connectivity index (χ0v) is 13.0. The maximum absolute atomic E-state index is 11.6. The number of urea groups is 1. The van der Waals surface area contributed by atoms with E-state index < -0.39 is 0 Å². The summed E-state index contributed by atoms with van der Waals surface area (Å²) in [6.07, 6.45) is 3.68. The van der Waals surface area contributed by atoms with Gasteiger partial charge in [0.2, 0.25) is 0 Å². The van der Waals surface area contributed by atoms with E-state index in [9.17, 15) is 4.79 Å². The van der Waals surface area contributed by atoms with Crippen LogP contribution < -0.4 is 15.7 Å². The highest BCUT2D eigenvalue weighted by Gasteiger charge is 2.25. The van der Waals surface area contributed by atoms with Gasteiger partial charge in [0.05, 0.1) is 12.4 Å². The summed E-state index contributed by atoms with van der Waals surface area (Å²) in [4.78, 5) is 27.2. The second kappa shape index (κ2) is 6.58. The normalized spacial score (nSPS) is 17.9. The van der Waals surface area contributed by atoms with Crippen LogP contribution in [-0.4, -0.2) is 40.7 Å². The number of anilines is 1. The fourth-order valence-corrected chi connectivity index (χ4v) is 2.08. The third-order valence-corrected chi connectivity index (χ3v) is 3.03. The molecule has 118 valence electrons. The monoisotopic (exact) mass is 304 g/mol. The van der Waals surface area contributed by atoms with Crippen molar-refractivity contribution in [3.63, 3.8) is 0 Å². The largest absolute Gasteiger partial charge is 0.353 e. The molecule has 0 radical (unpaired) electrons. The minimum atomic E-state index is -0.357. The van der Waals surface area contributed by atoms with Crippen molar-refractivity contribution in [3.05, 3.63) is 18.1 Å². The molecule has 8 nitrogen and oxygen atoms in total. The van der Waals surface area contributed by atoms with Gasteiger partial charge in [-0.2, -0.15) is 5.26 Å².